The van der Waals surface area contributed by atoms with Crippen LogP contribution in [0.3, 0.4) is 0 Å². The van der Waals surface area contributed by atoms with Crippen molar-refractivity contribution in [3.8, 4) is 11.4 Å². The number of carbonyl (C=O) groups is 1. The van der Waals surface area contributed by atoms with Crippen LogP contribution in [0.5, 0.6) is 0 Å². The minimum Gasteiger partial charge on any atom is -0.395 e. The van der Waals surface area contributed by atoms with Crippen LogP contribution in [0.25, 0.3) is 11.4 Å². The summed E-state index contributed by atoms with van der Waals surface area (Å²) in [6.07, 6.45) is 1.36. The minimum absolute atomic E-state index is 0.0850. The van der Waals surface area contributed by atoms with E-state index in [2.05, 4.69) is 25.9 Å². The summed E-state index contributed by atoms with van der Waals surface area (Å²) in [5.41, 5.74) is 1.67. The van der Waals surface area contributed by atoms with E-state index in [4.69, 9.17) is 5.11 Å². The monoisotopic (exact) mass is 433 g/mol. The number of aromatic nitrogens is 2. The number of aliphatic hydroxyl groups is 1. The summed E-state index contributed by atoms with van der Waals surface area (Å²) in [7, 11) is -1.87. The quantitative estimate of drug-likeness (QED) is 0.501. The number of nitrogens with one attached hydrogen (secondary N) is 3. The zero-order valence-corrected chi connectivity index (χ0v) is 18.1. The van der Waals surface area contributed by atoms with Crippen LogP contribution in [0.2, 0.25) is 0 Å². The van der Waals surface area contributed by atoms with Crippen molar-refractivity contribution < 1.29 is 18.3 Å². The molecule has 2 amide bonds. The molecule has 0 unspecified atom stereocenters. The van der Waals surface area contributed by atoms with Gasteiger partial charge in [0.15, 0.2) is 15.7 Å². The Balaban J connectivity index is 2.00. The molecule has 9 nitrogen and oxygen atoms in total. The molecule has 0 atom stereocenters. The van der Waals surface area contributed by atoms with Gasteiger partial charge in [-0.2, -0.15) is 0 Å². The number of benzene rings is 1. The van der Waals surface area contributed by atoms with Gasteiger partial charge in [0.05, 0.1) is 17.6 Å². The van der Waals surface area contributed by atoms with Gasteiger partial charge in [0.1, 0.15) is 10.6 Å². The summed E-state index contributed by atoms with van der Waals surface area (Å²) in [4.78, 5) is 20.5. The lowest BCUT2D eigenvalue weighted by Crippen LogP contribution is -2.33. The van der Waals surface area contributed by atoms with E-state index >= 15 is 0 Å². The Morgan fingerprint density at radius 3 is 2.43 bits per heavy atom. The number of nitrogens with zero attached hydrogens (tertiary/aromatic N) is 2. The average Bonchev–Trinajstić information content (AvgIpc) is 3.58. The van der Waals surface area contributed by atoms with E-state index in [9.17, 15) is 13.2 Å². The van der Waals surface area contributed by atoms with Crippen LogP contribution in [0, 0.1) is 0 Å². The molecule has 1 aromatic heterocycles. The van der Waals surface area contributed by atoms with Gasteiger partial charge in [-0.1, -0.05) is 0 Å². The fourth-order valence-corrected chi connectivity index (χ4v) is 4.98. The van der Waals surface area contributed by atoms with E-state index in [1.165, 1.54) is 7.05 Å². The van der Waals surface area contributed by atoms with Crippen LogP contribution < -0.4 is 16.0 Å². The third kappa shape index (κ3) is 4.54. The van der Waals surface area contributed by atoms with E-state index < -0.39 is 14.6 Å². The van der Waals surface area contributed by atoms with Crippen molar-refractivity contribution in [2.24, 2.45) is 0 Å². The van der Waals surface area contributed by atoms with E-state index in [-0.39, 0.29) is 24.4 Å². The minimum atomic E-state index is -3.40. The molecule has 1 aliphatic rings. The molecule has 1 fully saturated rings. The Morgan fingerprint density at radius 1 is 1.20 bits per heavy atom. The molecular formula is C20H27N5O4S. The molecule has 30 heavy (non-hydrogen) atoms. The van der Waals surface area contributed by atoms with Crippen molar-refractivity contribution in [3.63, 3.8) is 0 Å². The number of sulfone groups is 1. The van der Waals surface area contributed by atoms with Crippen LogP contribution in [0.15, 0.2) is 30.3 Å². The maximum Gasteiger partial charge on any atom is 0.318 e. The third-order valence-electron chi connectivity index (χ3n) is 5.06. The van der Waals surface area contributed by atoms with Crippen molar-refractivity contribution >= 4 is 27.4 Å². The lowest BCUT2D eigenvalue weighted by Gasteiger charge is -2.25. The number of anilines is 2. The molecule has 162 valence electrons. The number of amides is 2. The predicted molar refractivity (Wildman–Crippen MR) is 116 cm³/mol. The van der Waals surface area contributed by atoms with Crippen molar-refractivity contribution in [1.29, 1.82) is 0 Å². The van der Waals surface area contributed by atoms with Gasteiger partial charge < -0.3 is 21.1 Å². The smallest absolute Gasteiger partial charge is 0.318 e. The fraction of sp³-hybridized carbons (Fsp3) is 0.450. The van der Waals surface area contributed by atoms with Gasteiger partial charge >= 0.3 is 6.03 Å². The topological polar surface area (TPSA) is 133 Å². The number of aliphatic hydroxyl groups excluding tert-OH is 1. The predicted octanol–water partition coefficient (Wildman–Crippen LogP) is 2.11. The maximum atomic E-state index is 13.0. The molecule has 0 bridgehead atoms. The number of hydrogen-bond acceptors (Lipinski definition) is 7. The van der Waals surface area contributed by atoms with E-state index in [0.29, 0.717) is 41.4 Å². The molecule has 1 aromatic carbocycles. The van der Waals surface area contributed by atoms with Crippen molar-refractivity contribution in [2.75, 3.05) is 30.8 Å². The molecule has 2 aromatic rings. The molecule has 10 heteroatoms. The molecule has 4 N–H and O–H groups in total. The summed E-state index contributed by atoms with van der Waals surface area (Å²) < 4.78 is 24.8. The standard InChI is InChI=1S/C20H27N5O4S/c1-20(2,30(28,29)15-8-9-15)16-12-17(22-10-11-26)25-18(24-16)13-4-6-14(7-5-13)23-19(27)21-3/h4-7,12,15,26H,8-11H2,1-3H3,(H2,21,23,27)(H,22,24,25). The lowest BCUT2D eigenvalue weighted by atomic mass is 10.1. The fourth-order valence-electron chi connectivity index (χ4n) is 3.00. The Labute approximate surface area is 176 Å². The Morgan fingerprint density at radius 2 is 1.87 bits per heavy atom. The first kappa shape index (κ1) is 22.0. The summed E-state index contributed by atoms with van der Waals surface area (Å²) in [5.74, 6) is 0.800. The Hall–Kier alpha value is -2.72. The highest BCUT2D eigenvalue weighted by atomic mass is 32.2. The number of carbonyl (C=O) groups excluding carboxylic acids is 1. The molecule has 0 aliphatic heterocycles. The highest BCUT2D eigenvalue weighted by Crippen LogP contribution is 2.41. The Kier molecular flexibility index (Phi) is 6.27. The van der Waals surface area contributed by atoms with Crippen molar-refractivity contribution in [1.82, 2.24) is 15.3 Å². The molecule has 0 spiro atoms. The summed E-state index contributed by atoms with van der Waals surface area (Å²) in [6.45, 7) is 3.52. The third-order valence-corrected chi connectivity index (χ3v) is 8.04. The zero-order chi connectivity index (χ0) is 21.9. The van der Waals surface area contributed by atoms with Crippen LogP contribution >= 0.6 is 0 Å². The van der Waals surface area contributed by atoms with Crippen LogP contribution in [-0.4, -0.2) is 55.0 Å². The van der Waals surface area contributed by atoms with Crippen LogP contribution in [0.4, 0.5) is 16.3 Å². The summed E-state index contributed by atoms with van der Waals surface area (Å²) in [6, 6.07) is 8.23. The summed E-state index contributed by atoms with van der Waals surface area (Å²) >= 11 is 0. The van der Waals surface area contributed by atoms with E-state index in [1.807, 2.05) is 0 Å². The van der Waals surface area contributed by atoms with Gasteiger partial charge in [0, 0.05) is 30.9 Å². The van der Waals surface area contributed by atoms with Crippen LogP contribution in [0.1, 0.15) is 32.4 Å². The highest BCUT2D eigenvalue weighted by Gasteiger charge is 2.48. The number of urea groups is 1. The second kappa shape index (κ2) is 8.57. The SMILES string of the molecule is CNC(=O)Nc1ccc(-c2nc(NCCO)cc(C(C)(C)S(=O)(=O)C3CC3)n2)cc1. The number of hydrogen-bond donors (Lipinski definition) is 4. The van der Waals surface area contributed by atoms with Crippen LogP contribution in [-0.2, 0) is 14.6 Å². The molecule has 1 saturated carbocycles. The van der Waals surface area contributed by atoms with E-state index in [1.54, 1.807) is 44.2 Å². The second-order valence-corrected chi connectivity index (χ2v) is 10.4. The average molecular weight is 434 g/mol. The lowest BCUT2D eigenvalue weighted by molar-refractivity contribution is 0.254. The Bertz CT molecular complexity index is 1020. The maximum absolute atomic E-state index is 13.0. The second-order valence-electron chi connectivity index (χ2n) is 7.65. The van der Waals surface area contributed by atoms with Gasteiger partial charge in [-0.05, 0) is 51.0 Å². The van der Waals surface area contributed by atoms with Gasteiger partial charge in [-0.25, -0.2) is 23.2 Å². The van der Waals surface area contributed by atoms with Gasteiger partial charge in [-0.15, -0.1) is 0 Å². The molecular weight excluding hydrogens is 406 g/mol. The van der Waals surface area contributed by atoms with E-state index in [0.717, 1.165) is 0 Å². The first-order valence-electron chi connectivity index (χ1n) is 9.76. The largest absolute Gasteiger partial charge is 0.395 e. The summed E-state index contributed by atoms with van der Waals surface area (Å²) in [5, 5.41) is 17.0. The molecule has 1 aliphatic carbocycles. The first-order chi connectivity index (χ1) is 14.2. The first-order valence-corrected chi connectivity index (χ1v) is 11.3. The van der Waals surface area contributed by atoms with Gasteiger partial charge in [0.25, 0.3) is 0 Å². The van der Waals surface area contributed by atoms with Crippen molar-refractivity contribution in [3.05, 3.63) is 36.0 Å². The van der Waals surface area contributed by atoms with Crippen molar-refractivity contribution in [2.45, 2.75) is 36.7 Å². The molecule has 0 saturated heterocycles. The molecule has 3 rings (SSSR count). The molecule has 0 radical (unpaired) electrons. The molecule has 1 heterocycles. The van der Waals surface area contributed by atoms with Gasteiger partial charge in [-0.3, -0.25) is 0 Å². The van der Waals surface area contributed by atoms with Gasteiger partial charge in [0.2, 0.25) is 0 Å². The number of rotatable bonds is 8. The highest BCUT2D eigenvalue weighted by molar-refractivity contribution is 7.93. The normalized spacial score (nSPS) is 14.3. The zero-order valence-electron chi connectivity index (χ0n) is 17.3.